The van der Waals surface area contributed by atoms with Crippen molar-refractivity contribution in [2.24, 2.45) is 5.41 Å². The summed E-state index contributed by atoms with van der Waals surface area (Å²) in [6, 6.07) is 35.0. The third kappa shape index (κ3) is 4.82. The average Bonchev–Trinajstić information content (AvgIpc) is 2.73. The second-order valence-electron chi connectivity index (χ2n) is 10.4. The van der Waals surface area contributed by atoms with Crippen molar-refractivity contribution in [3.05, 3.63) is 103 Å². The fraction of sp³-hybridized carbons (Fsp3) is 0.267. The number of rotatable bonds is 5. The zero-order valence-corrected chi connectivity index (χ0v) is 19.4. The molecule has 0 saturated carbocycles. The van der Waals surface area contributed by atoms with E-state index in [1.165, 1.54) is 33.4 Å². The van der Waals surface area contributed by atoms with Gasteiger partial charge in [0.25, 0.3) is 0 Å². The van der Waals surface area contributed by atoms with Crippen LogP contribution < -0.4 is 4.90 Å². The summed E-state index contributed by atoms with van der Waals surface area (Å²) >= 11 is 0. The van der Waals surface area contributed by atoms with Crippen molar-refractivity contribution in [1.29, 1.82) is 0 Å². The van der Waals surface area contributed by atoms with Crippen molar-refractivity contribution >= 4 is 27.8 Å². The smallest absolute Gasteiger partial charge is 0.0468 e. The second-order valence-corrected chi connectivity index (χ2v) is 10.4. The van der Waals surface area contributed by atoms with Gasteiger partial charge < -0.3 is 4.90 Å². The van der Waals surface area contributed by atoms with Crippen molar-refractivity contribution in [3.8, 4) is 0 Å². The lowest BCUT2D eigenvalue weighted by Gasteiger charge is -2.33. The first-order chi connectivity index (χ1) is 14.7. The molecule has 4 aromatic carbocycles. The predicted octanol–water partition coefficient (Wildman–Crippen LogP) is 9.02. The Kier molecular flexibility index (Phi) is 5.62. The molecule has 0 atom stereocenters. The second kappa shape index (κ2) is 8.23. The van der Waals surface area contributed by atoms with Crippen molar-refractivity contribution < 1.29 is 0 Å². The third-order valence-corrected chi connectivity index (χ3v) is 5.88. The van der Waals surface area contributed by atoms with Crippen LogP contribution >= 0.6 is 0 Å². The summed E-state index contributed by atoms with van der Waals surface area (Å²) in [5.41, 5.74) is 5.33. The molecule has 0 unspecified atom stereocenters. The van der Waals surface area contributed by atoms with Gasteiger partial charge >= 0.3 is 0 Å². The van der Waals surface area contributed by atoms with Gasteiger partial charge in [-0.2, -0.15) is 0 Å². The molecule has 0 aliphatic heterocycles. The molecule has 0 saturated heterocycles. The van der Waals surface area contributed by atoms with Gasteiger partial charge in [-0.25, -0.2) is 0 Å². The highest BCUT2D eigenvalue weighted by Gasteiger charge is 2.27. The van der Waals surface area contributed by atoms with Crippen LogP contribution in [0.4, 0.5) is 17.1 Å². The normalized spacial score (nSPS) is 12.2. The Morgan fingerprint density at radius 1 is 0.548 bits per heavy atom. The van der Waals surface area contributed by atoms with Gasteiger partial charge in [0.05, 0.1) is 0 Å². The van der Waals surface area contributed by atoms with Gasteiger partial charge in [-0.3, -0.25) is 0 Å². The maximum absolute atomic E-state index is 2.35. The zero-order chi connectivity index (χ0) is 22.1. The largest absolute Gasteiger partial charge is 0.310 e. The van der Waals surface area contributed by atoms with Gasteiger partial charge in [0, 0.05) is 17.1 Å². The van der Waals surface area contributed by atoms with Gasteiger partial charge in [-0.15, -0.1) is 0 Å². The molecule has 0 aromatic heterocycles. The summed E-state index contributed by atoms with van der Waals surface area (Å²) in [6.07, 6.45) is 1.15. The minimum atomic E-state index is 0.136. The van der Waals surface area contributed by atoms with Crippen LogP contribution in [0.2, 0.25) is 0 Å². The molecular formula is C30H33N. The van der Waals surface area contributed by atoms with E-state index in [0.29, 0.717) is 5.41 Å². The molecule has 0 bridgehead atoms. The Morgan fingerprint density at radius 2 is 1.10 bits per heavy atom. The van der Waals surface area contributed by atoms with E-state index in [-0.39, 0.29) is 5.41 Å². The van der Waals surface area contributed by atoms with Crippen LogP contribution in [0.25, 0.3) is 10.8 Å². The average molecular weight is 408 g/mol. The van der Waals surface area contributed by atoms with Crippen LogP contribution in [0, 0.1) is 5.41 Å². The highest BCUT2D eigenvalue weighted by Crippen LogP contribution is 2.39. The van der Waals surface area contributed by atoms with Crippen molar-refractivity contribution in [3.63, 3.8) is 0 Å². The summed E-state index contributed by atoms with van der Waals surface area (Å²) in [5, 5.41) is 2.52. The van der Waals surface area contributed by atoms with Gasteiger partial charge in [-0.05, 0) is 70.0 Å². The number of hydrogen-bond donors (Lipinski definition) is 0. The minimum Gasteiger partial charge on any atom is -0.310 e. The zero-order valence-electron chi connectivity index (χ0n) is 19.4. The molecule has 0 radical (unpaired) electrons. The molecule has 31 heavy (non-hydrogen) atoms. The maximum atomic E-state index is 2.35. The molecule has 4 aromatic rings. The van der Waals surface area contributed by atoms with E-state index in [0.717, 1.165) is 6.42 Å². The summed E-state index contributed by atoms with van der Waals surface area (Å²) < 4.78 is 0. The molecule has 0 aliphatic carbocycles. The van der Waals surface area contributed by atoms with Gasteiger partial charge in [0.15, 0.2) is 0 Å². The third-order valence-electron chi connectivity index (χ3n) is 5.88. The number of hydrogen-bond acceptors (Lipinski definition) is 1. The molecule has 0 amide bonds. The van der Waals surface area contributed by atoms with E-state index in [2.05, 4.69) is 137 Å². The van der Waals surface area contributed by atoms with Crippen LogP contribution in [0.3, 0.4) is 0 Å². The number of para-hydroxylation sites is 1. The van der Waals surface area contributed by atoms with Crippen LogP contribution in [-0.2, 0) is 5.41 Å². The summed E-state index contributed by atoms with van der Waals surface area (Å²) in [5.74, 6) is 0. The number of nitrogens with zero attached hydrogens (tertiary/aromatic N) is 1. The van der Waals surface area contributed by atoms with Crippen LogP contribution in [-0.4, -0.2) is 0 Å². The number of anilines is 3. The monoisotopic (exact) mass is 407 g/mol. The van der Waals surface area contributed by atoms with Gasteiger partial charge in [0.1, 0.15) is 0 Å². The quantitative estimate of drug-likeness (QED) is 0.319. The van der Waals surface area contributed by atoms with Gasteiger partial charge in [-0.1, -0.05) is 95.3 Å². The first-order valence-electron chi connectivity index (χ1n) is 11.2. The van der Waals surface area contributed by atoms with Crippen molar-refractivity contribution in [1.82, 2.24) is 0 Å². The van der Waals surface area contributed by atoms with Crippen LogP contribution in [0.5, 0.6) is 0 Å². The molecule has 1 nitrogen and oxygen atoms in total. The van der Waals surface area contributed by atoms with E-state index in [1.807, 2.05) is 0 Å². The molecule has 4 rings (SSSR count). The molecule has 0 aliphatic rings. The maximum Gasteiger partial charge on any atom is 0.0468 e. The van der Waals surface area contributed by atoms with Crippen molar-refractivity contribution in [2.75, 3.05) is 4.90 Å². The minimum absolute atomic E-state index is 0.136. The molecule has 0 spiro atoms. The Labute approximate surface area is 187 Å². The fourth-order valence-electron chi connectivity index (χ4n) is 4.83. The highest BCUT2D eigenvalue weighted by molar-refractivity contribution is 5.89. The molecule has 0 N–H and O–H groups in total. The molecule has 0 heterocycles. The Balaban J connectivity index is 1.76. The lowest BCUT2D eigenvalue weighted by atomic mass is 9.72. The van der Waals surface area contributed by atoms with Crippen LogP contribution in [0.1, 0.15) is 46.6 Å². The van der Waals surface area contributed by atoms with Gasteiger partial charge in [0.2, 0.25) is 0 Å². The van der Waals surface area contributed by atoms with E-state index in [1.54, 1.807) is 0 Å². The summed E-state index contributed by atoms with van der Waals surface area (Å²) in [6.45, 7) is 11.7. The standard InChI is InChI=1S/C30H33N/c1-29(2,3)22-30(4,5)25-16-19-27(20-17-25)31(26-13-7-6-8-14-26)28-18-15-23-11-9-10-12-24(23)21-28/h6-21H,22H2,1-5H3. The Bertz CT molecular complexity index is 1150. The molecular weight excluding hydrogens is 374 g/mol. The predicted molar refractivity (Wildman–Crippen MR) is 136 cm³/mol. The topological polar surface area (TPSA) is 3.24 Å². The first-order valence-corrected chi connectivity index (χ1v) is 11.2. The van der Waals surface area contributed by atoms with Crippen molar-refractivity contribution in [2.45, 2.75) is 46.5 Å². The fourth-order valence-corrected chi connectivity index (χ4v) is 4.83. The molecule has 158 valence electrons. The Morgan fingerprint density at radius 3 is 1.74 bits per heavy atom. The molecule has 1 heteroatoms. The van der Waals surface area contributed by atoms with E-state index >= 15 is 0 Å². The Hall–Kier alpha value is -3.06. The van der Waals surface area contributed by atoms with E-state index in [4.69, 9.17) is 0 Å². The van der Waals surface area contributed by atoms with Crippen LogP contribution in [0.15, 0.2) is 97.1 Å². The highest BCUT2D eigenvalue weighted by atomic mass is 15.1. The summed E-state index contributed by atoms with van der Waals surface area (Å²) in [7, 11) is 0. The number of fused-ring (bicyclic) bond motifs is 1. The number of benzene rings is 4. The SMILES string of the molecule is CC(C)(C)CC(C)(C)c1ccc(N(c2ccccc2)c2ccc3ccccc3c2)cc1. The lowest BCUT2D eigenvalue weighted by molar-refractivity contribution is 0.284. The summed E-state index contributed by atoms with van der Waals surface area (Å²) in [4.78, 5) is 2.34. The van der Waals surface area contributed by atoms with E-state index in [9.17, 15) is 0 Å². The lowest BCUT2D eigenvalue weighted by Crippen LogP contribution is -2.24. The first kappa shape index (κ1) is 21.2. The van der Waals surface area contributed by atoms with E-state index < -0.39 is 0 Å². The molecule has 0 fully saturated rings.